The Morgan fingerprint density at radius 1 is 1.67 bits per heavy atom. The molecule has 0 saturated carbocycles. The Balaban J connectivity index is 0.00000162. The molecule has 0 radical (unpaired) electrons. The first-order chi connectivity index (χ1) is 8.16. The van der Waals surface area contributed by atoms with Crippen LogP contribution >= 0.6 is 12.4 Å². The molecule has 1 unspecified atom stereocenters. The lowest BCUT2D eigenvalue weighted by Crippen LogP contribution is -2.26. The first-order valence-electron chi connectivity index (χ1n) is 6.16. The number of rotatable bonds is 4. The van der Waals surface area contributed by atoms with Crippen molar-refractivity contribution in [2.75, 3.05) is 19.6 Å². The summed E-state index contributed by atoms with van der Waals surface area (Å²) in [6, 6.07) is 1.81. The second kappa shape index (κ2) is 6.75. The van der Waals surface area contributed by atoms with Gasteiger partial charge in [-0.1, -0.05) is 0 Å². The third kappa shape index (κ3) is 3.71. The molecule has 1 fully saturated rings. The van der Waals surface area contributed by atoms with Crippen molar-refractivity contribution in [1.82, 2.24) is 20.4 Å². The molecule has 2 N–H and O–H groups in total. The molecule has 1 aromatic rings. The van der Waals surface area contributed by atoms with Crippen LogP contribution in [0.3, 0.4) is 0 Å². The van der Waals surface area contributed by atoms with E-state index in [1.807, 2.05) is 20.0 Å². The number of nitrogens with one attached hydrogen (secondary N) is 2. The lowest BCUT2D eigenvalue weighted by atomic mass is 10.1. The molecule has 0 spiro atoms. The van der Waals surface area contributed by atoms with Gasteiger partial charge in [-0.05, 0) is 44.8 Å². The smallest absolute Gasteiger partial charge is 0.271 e. The van der Waals surface area contributed by atoms with E-state index >= 15 is 0 Å². The van der Waals surface area contributed by atoms with E-state index in [9.17, 15) is 4.79 Å². The van der Waals surface area contributed by atoms with Gasteiger partial charge in [-0.15, -0.1) is 12.4 Å². The average Bonchev–Trinajstić information content (AvgIpc) is 2.90. The van der Waals surface area contributed by atoms with Gasteiger partial charge in [0.15, 0.2) is 0 Å². The minimum Gasteiger partial charge on any atom is -0.351 e. The summed E-state index contributed by atoms with van der Waals surface area (Å²) in [6.07, 6.45) is 2.27. The fraction of sp³-hybridized carbons (Fsp3) is 0.667. The predicted molar refractivity (Wildman–Crippen MR) is 73.1 cm³/mol. The molecule has 0 aliphatic carbocycles. The topological polar surface area (TPSA) is 59.0 Å². The van der Waals surface area contributed by atoms with Gasteiger partial charge < -0.3 is 10.6 Å². The Hall–Kier alpha value is -1.07. The van der Waals surface area contributed by atoms with Crippen molar-refractivity contribution in [2.45, 2.75) is 19.8 Å². The summed E-state index contributed by atoms with van der Waals surface area (Å²) in [6.45, 7) is 4.87. The van der Waals surface area contributed by atoms with Gasteiger partial charge in [0, 0.05) is 19.3 Å². The van der Waals surface area contributed by atoms with Gasteiger partial charge in [-0.3, -0.25) is 9.48 Å². The van der Waals surface area contributed by atoms with Crippen LogP contribution in [0.15, 0.2) is 6.07 Å². The van der Waals surface area contributed by atoms with E-state index < -0.39 is 0 Å². The lowest BCUT2D eigenvalue weighted by molar-refractivity contribution is 0.0946. The number of hydrogen-bond acceptors (Lipinski definition) is 3. The summed E-state index contributed by atoms with van der Waals surface area (Å²) in [7, 11) is 1.84. The van der Waals surface area contributed by atoms with Gasteiger partial charge in [-0.2, -0.15) is 5.10 Å². The molecule has 1 atom stereocenters. The van der Waals surface area contributed by atoms with Crippen LogP contribution in [0.1, 0.15) is 29.0 Å². The number of hydrogen-bond donors (Lipinski definition) is 2. The van der Waals surface area contributed by atoms with Crippen LogP contribution in [0.2, 0.25) is 0 Å². The molecule has 5 nitrogen and oxygen atoms in total. The largest absolute Gasteiger partial charge is 0.351 e. The normalized spacial score (nSPS) is 18.4. The van der Waals surface area contributed by atoms with Crippen LogP contribution in [0.4, 0.5) is 0 Å². The number of aromatic nitrogens is 2. The molecule has 1 aliphatic heterocycles. The van der Waals surface area contributed by atoms with Crippen LogP contribution < -0.4 is 10.6 Å². The highest BCUT2D eigenvalue weighted by Crippen LogP contribution is 2.10. The van der Waals surface area contributed by atoms with Gasteiger partial charge in [0.2, 0.25) is 0 Å². The van der Waals surface area contributed by atoms with Gasteiger partial charge in [-0.25, -0.2) is 0 Å². The molecule has 1 saturated heterocycles. The van der Waals surface area contributed by atoms with E-state index in [0.29, 0.717) is 11.6 Å². The van der Waals surface area contributed by atoms with E-state index in [1.165, 1.54) is 6.42 Å². The van der Waals surface area contributed by atoms with Crippen molar-refractivity contribution in [2.24, 2.45) is 13.0 Å². The zero-order chi connectivity index (χ0) is 12.3. The second-order valence-corrected chi connectivity index (χ2v) is 4.70. The Morgan fingerprint density at radius 3 is 3.00 bits per heavy atom. The highest BCUT2D eigenvalue weighted by Gasteiger charge is 2.15. The number of carbonyl (C=O) groups is 1. The Kier molecular flexibility index (Phi) is 5.62. The number of carbonyl (C=O) groups excluding carboxylic acids is 1. The third-order valence-corrected chi connectivity index (χ3v) is 3.35. The zero-order valence-electron chi connectivity index (χ0n) is 10.9. The molecule has 102 valence electrons. The van der Waals surface area contributed by atoms with Crippen LogP contribution in [0.5, 0.6) is 0 Å². The number of halogens is 1. The fourth-order valence-corrected chi connectivity index (χ4v) is 2.11. The molecule has 6 heteroatoms. The molecule has 0 aromatic carbocycles. The summed E-state index contributed by atoms with van der Waals surface area (Å²) < 4.78 is 1.72. The van der Waals surface area contributed by atoms with Crippen molar-refractivity contribution in [3.05, 3.63) is 17.5 Å². The van der Waals surface area contributed by atoms with E-state index in [0.717, 1.165) is 31.7 Å². The molecule has 2 heterocycles. The van der Waals surface area contributed by atoms with Gasteiger partial charge in [0.25, 0.3) is 5.91 Å². The summed E-state index contributed by atoms with van der Waals surface area (Å²) in [4.78, 5) is 11.8. The first-order valence-corrected chi connectivity index (χ1v) is 6.16. The quantitative estimate of drug-likeness (QED) is 0.856. The number of amides is 1. The molecule has 2 rings (SSSR count). The Bertz CT molecular complexity index is 379. The molecule has 1 amide bonds. The van der Waals surface area contributed by atoms with E-state index in [4.69, 9.17) is 0 Å². The highest BCUT2D eigenvalue weighted by atomic mass is 35.5. The van der Waals surface area contributed by atoms with Crippen LogP contribution in [0, 0.1) is 12.8 Å². The maximum Gasteiger partial charge on any atom is 0.271 e. The SMILES string of the molecule is Cc1cc(C(=O)NCCC2CCNC2)nn1C.Cl. The van der Waals surface area contributed by atoms with Crippen molar-refractivity contribution in [1.29, 1.82) is 0 Å². The maximum absolute atomic E-state index is 11.8. The average molecular weight is 273 g/mol. The molecular weight excluding hydrogens is 252 g/mol. The lowest BCUT2D eigenvalue weighted by Gasteiger charge is -2.08. The Morgan fingerprint density at radius 2 is 2.44 bits per heavy atom. The van der Waals surface area contributed by atoms with Crippen molar-refractivity contribution in [3.8, 4) is 0 Å². The molecule has 1 aromatic heterocycles. The van der Waals surface area contributed by atoms with Gasteiger partial charge >= 0.3 is 0 Å². The van der Waals surface area contributed by atoms with E-state index in [2.05, 4.69) is 15.7 Å². The van der Waals surface area contributed by atoms with Crippen molar-refractivity contribution >= 4 is 18.3 Å². The van der Waals surface area contributed by atoms with Gasteiger partial charge in [0.05, 0.1) is 0 Å². The first kappa shape index (κ1) is 15.0. The third-order valence-electron chi connectivity index (χ3n) is 3.35. The minimum atomic E-state index is -0.0698. The fourth-order valence-electron chi connectivity index (χ4n) is 2.11. The zero-order valence-corrected chi connectivity index (χ0v) is 11.7. The summed E-state index contributed by atoms with van der Waals surface area (Å²) in [5.41, 5.74) is 1.50. The predicted octanol–water partition coefficient (Wildman–Crippen LogP) is 0.880. The maximum atomic E-state index is 11.8. The monoisotopic (exact) mass is 272 g/mol. The van der Waals surface area contributed by atoms with Crippen molar-refractivity contribution < 1.29 is 4.79 Å². The second-order valence-electron chi connectivity index (χ2n) is 4.70. The summed E-state index contributed by atoms with van der Waals surface area (Å²) in [5, 5.41) is 10.4. The standard InChI is InChI=1S/C12H20N4O.ClH/c1-9-7-11(15-16(9)2)12(17)14-6-4-10-3-5-13-8-10;/h7,10,13H,3-6,8H2,1-2H3,(H,14,17);1H. The number of aryl methyl sites for hydroxylation is 2. The Labute approximate surface area is 114 Å². The molecule has 0 bridgehead atoms. The summed E-state index contributed by atoms with van der Waals surface area (Å²) >= 11 is 0. The summed E-state index contributed by atoms with van der Waals surface area (Å²) in [5.74, 6) is 0.639. The molecular formula is C12H21ClN4O. The van der Waals surface area contributed by atoms with Crippen LogP contribution in [0.25, 0.3) is 0 Å². The molecule has 1 aliphatic rings. The van der Waals surface area contributed by atoms with Crippen molar-refractivity contribution in [3.63, 3.8) is 0 Å². The minimum absolute atomic E-state index is 0. The highest BCUT2D eigenvalue weighted by molar-refractivity contribution is 5.92. The molecule has 18 heavy (non-hydrogen) atoms. The van der Waals surface area contributed by atoms with Crippen LogP contribution in [-0.2, 0) is 7.05 Å². The van der Waals surface area contributed by atoms with Gasteiger partial charge in [0.1, 0.15) is 5.69 Å². The van der Waals surface area contributed by atoms with Crippen LogP contribution in [-0.4, -0.2) is 35.3 Å². The number of nitrogens with zero attached hydrogens (tertiary/aromatic N) is 2. The van der Waals surface area contributed by atoms with E-state index in [1.54, 1.807) is 4.68 Å². The van der Waals surface area contributed by atoms with E-state index in [-0.39, 0.29) is 18.3 Å².